The van der Waals surface area contributed by atoms with Crippen LogP contribution in [0.4, 0.5) is 5.69 Å². The minimum atomic E-state index is 0.769. The monoisotopic (exact) mass is 251 g/mol. The van der Waals surface area contributed by atoms with Crippen LogP contribution in [-0.4, -0.2) is 38.3 Å². The summed E-state index contributed by atoms with van der Waals surface area (Å²) in [5.74, 6) is 0. The first kappa shape index (κ1) is 14.9. The van der Waals surface area contributed by atoms with Gasteiger partial charge in [0.05, 0.1) is 6.61 Å². The number of hydrogen-bond acceptors (Lipinski definition) is 4. The summed E-state index contributed by atoms with van der Waals surface area (Å²) in [4.78, 5) is 6.72. The van der Waals surface area contributed by atoms with Crippen molar-refractivity contribution in [3.05, 3.63) is 23.5 Å². The summed E-state index contributed by atoms with van der Waals surface area (Å²) in [6.07, 6.45) is 1.96. The van der Waals surface area contributed by atoms with Gasteiger partial charge in [0.15, 0.2) is 0 Å². The van der Waals surface area contributed by atoms with E-state index in [4.69, 9.17) is 4.74 Å². The van der Waals surface area contributed by atoms with Gasteiger partial charge in [-0.15, -0.1) is 0 Å². The van der Waals surface area contributed by atoms with E-state index in [0.29, 0.717) is 0 Å². The fourth-order valence-electron chi connectivity index (χ4n) is 1.96. The van der Waals surface area contributed by atoms with Gasteiger partial charge in [-0.3, -0.25) is 4.98 Å². The zero-order valence-electron chi connectivity index (χ0n) is 12.0. The van der Waals surface area contributed by atoms with Gasteiger partial charge >= 0.3 is 0 Å². The van der Waals surface area contributed by atoms with E-state index in [1.807, 2.05) is 27.1 Å². The lowest BCUT2D eigenvalue weighted by atomic mass is 10.2. The van der Waals surface area contributed by atoms with Crippen LogP contribution in [0, 0.1) is 6.92 Å². The number of pyridine rings is 1. The van der Waals surface area contributed by atoms with E-state index < -0.39 is 0 Å². The molecule has 0 saturated carbocycles. The molecule has 4 heteroatoms. The van der Waals surface area contributed by atoms with Crippen molar-refractivity contribution in [1.82, 2.24) is 10.3 Å². The van der Waals surface area contributed by atoms with Gasteiger partial charge in [-0.2, -0.15) is 0 Å². The molecule has 1 heterocycles. The number of aryl methyl sites for hydroxylation is 1. The molecule has 1 N–H and O–H groups in total. The maximum Gasteiger partial charge on any atom is 0.0641 e. The Bertz CT molecular complexity index is 355. The van der Waals surface area contributed by atoms with Crippen molar-refractivity contribution in [2.45, 2.75) is 27.3 Å². The quantitative estimate of drug-likeness (QED) is 0.717. The summed E-state index contributed by atoms with van der Waals surface area (Å²) in [6.45, 7) is 10.5. The SMILES string of the molecule is CCOCCN(CC)c1cc(C)ncc1CNC. The standard InChI is InChI=1S/C14H25N3O/c1-5-17(7-8-18-6-2)14-9-12(3)16-11-13(14)10-15-4/h9,11,15H,5-8,10H2,1-4H3. The lowest BCUT2D eigenvalue weighted by Crippen LogP contribution is -2.29. The van der Waals surface area contributed by atoms with E-state index in [2.05, 4.69) is 28.2 Å². The zero-order valence-corrected chi connectivity index (χ0v) is 12.0. The summed E-state index contributed by atoms with van der Waals surface area (Å²) in [5.41, 5.74) is 3.56. The number of rotatable bonds is 8. The van der Waals surface area contributed by atoms with E-state index in [1.54, 1.807) is 0 Å². The average molecular weight is 251 g/mol. The molecule has 1 rings (SSSR count). The molecule has 102 valence electrons. The minimum absolute atomic E-state index is 0.769. The van der Waals surface area contributed by atoms with Crippen LogP contribution < -0.4 is 10.2 Å². The highest BCUT2D eigenvalue weighted by molar-refractivity contribution is 5.53. The molecule has 4 nitrogen and oxygen atoms in total. The number of likely N-dealkylation sites (N-methyl/N-ethyl adjacent to an activating group) is 1. The molecule has 0 aliphatic heterocycles. The molecular weight excluding hydrogens is 226 g/mol. The molecule has 1 aromatic rings. The van der Waals surface area contributed by atoms with Crippen molar-refractivity contribution in [3.63, 3.8) is 0 Å². The fraction of sp³-hybridized carbons (Fsp3) is 0.643. The molecule has 18 heavy (non-hydrogen) atoms. The number of nitrogens with one attached hydrogen (secondary N) is 1. The molecule has 0 atom stereocenters. The molecule has 0 saturated heterocycles. The van der Waals surface area contributed by atoms with E-state index >= 15 is 0 Å². The van der Waals surface area contributed by atoms with Gasteiger partial charge < -0.3 is 15.0 Å². The number of ether oxygens (including phenoxy) is 1. The first-order chi connectivity index (χ1) is 8.72. The molecule has 0 bridgehead atoms. The molecule has 1 aromatic heterocycles. The highest BCUT2D eigenvalue weighted by Crippen LogP contribution is 2.20. The number of anilines is 1. The Morgan fingerprint density at radius 2 is 2.17 bits per heavy atom. The second kappa shape index (κ2) is 8.06. The molecule has 0 aliphatic carbocycles. The van der Waals surface area contributed by atoms with Crippen LogP contribution in [0.1, 0.15) is 25.1 Å². The smallest absolute Gasteiger partial charge is 0.0641 e. The van der Waals surface area contributed by atoms with Crippen LogP contribution in [0.5, 0.6) is 0 Å². The molecule has 0 spiro atoms. The lowest BCUT2D eigenvalue weighted by Gasteiger charge is -2.25. The summed E-state index contributed by atoms with van der Waals surface area (Å²) >= 11 is 0. The van der Waals surface area contributed by atoms with Crippen LogP contribution in [0.25, 0.3) is 0 Å². The van der Waals surface area contributed by atoms with E-state index in [9.17, 15) is 0 Å². The zero-order chi connectivity index (χ0) is 13.4. The summed E-state index contributed by atoms with van der Waals surface area (Å²) in [7, 11) is 1.96. The lowest BCUT2D eigenvalue weighted by molar-refractivity contribution is 0.154. The van der Waals surface area contributed by atoms with Crippen LogP contribution in [-0.2, 0) is 11.3 Å². The minimum Gasteiger partial charge on any atom is -0.380 e. The fourth-order valence-corrected chi connectivity index (χ4v) is 1.96. The third kappa shape index (κ3) is 4.27. The van der Waals surface area contributed by atoms with Gasteiger partial charge in [-0.05, 0) is 33.9 Å². The predicted octanol–water partition coefficient (Wildman–Crippen LogP) is 1.97. The molecule has 0 aromatic carbocycles. The maximum absolute atomic E-state index is 5.44. The van der Waals surface area contributed by atoms with E-state index in [0.717, 1.165) is 38.5 Å². The van der Waals surface area contributed by atoms with Crippen molar-refractivity contribution >= 4 is 5.69 Å². The second-order valence-electron chi connectivity index (χ2n) is 4.26. The Morgan fingerprint density at radius 1 is 1.39 bits per heavy atom. The largest absolute Gasteiger partial charge is 0.380 e. The average Bonchev–Trinajstić information content (AvgIpc) is 2.37. The first-order valence-corrected chi connectivity index (χ1v) is 6.65. The van der Waals surface area contributed by atoms with Crippen LogP contribution in [0.15, 0.2) is 12.3 Å². The second-order valence-corrected chi connectivity index (χ2v) is 4.26. The summed E-state index contributed by atoms with van der Waals surface area (Å²) in [6, 6.07) is 2.15. The van der Waals surface area contributed by atoms with Gasteiger partial charge in [0.2, 0.25) is 0 Å². The topological polar surface area (TPSA) is 37.4 Å². The first-order valence-electron chi connectivity index (χ1n) is 6.65. The van der Waals surface area contributed by atoms with Crippen LogP contribution in [0.2, 0.25) is 0 Å². The van der Waals surface area contributed by atoms with E-state index in [-0.39, 0.29) is 0 Å². The maximum atomic E-state index is 5.44. The Kier molecular flexibility index (Phi) is 6.68. The van der Waals surface area contributed by atoms with Crippen molar-refractivity contribution in [2.24, 2.45) is 0 Å². The van der Waals surface area contributed by atoms with Crippen molar-refractivity contribution in [1.29, 1.82) is 0 Å². The number of aromatic nitrogens is 1. The van der Waals surface area contributed by atoms with Gasteiger partial charge in [-0.1, -0.05) is 0 Å². The Hall–Kier alpha value is -1.13. The van der Waals surface area contributed by atoms with Crippen LogP contribution >= 0.6 is 0 Å². The normalized spacial score (nSPS) is 10.7. The van der Waals surface area contributed by atoms with Crippen LogP contribution in [0.3, 0.4) is 0 Å². The molecular formula is C14H25N3O. The third-order valence-electron chi connectivity index (χ3n) is 2.90. The Labute approximate surface area is 110 Å². The van der Waals surface area contributed by atoms with Crippen molar-refractivity contribution < 1.29 is 4.74 Å². The van der Waals surface area contributed by atoms with E-state index in [1.165, 1.54) is 11.3 Å². The molecule has 0 amide bonds. The Morgan fingerprint density at radius 3 is 2.78 bits per heavy atom. The molecule has 0 fully saturated rings. The van der Waals surface area contributed by atoms with Crippen molar-refractivity contribution in [3.8, 4) is 0 Å². The molecule has 0 aliphatic rings. The Balaban J connectivity index is 2.84. The number of nitrogens with zero attached hydrogens (tertiary/aromatic N) is 2. The highest BCUT2D eigenvalue weighted by Gasteiger charge is 2.10. The molecule has 0 unspecified atom stereocenters. The van der Waals surface area contributed by atoms with Crippen molar-refractivity contribution in [2.75, 3.05) is 38.3 Å². The predicted molar refractivity (Wildman–Crippen MR) is 76.1 cm³/mol. The number of hydrogen-bond donors (Lipinski definition) is 1. The summed E-state index contributed by atoms with van der Waals surface area (Å²) in [5, 5.41) is 3.19. The summed E-state index contributed by atoms with van der Waals surface area (Å²) < 4.78 is 5.44. The van der Waals surface area contributed by atoms with Gasteiger partial charge in [0.1, 0.15) is 0 Å². The van der Waals surface area contributed by atoms with Gasteiger partial charge in [0.25, 0.3) is 0 Å². The third-order valence-corrected chi connectivity index (χ3v) is 2.90. The highest BCUT2D eigenvalue weighted by atomic mass is 16.5. The van der Waals surface area contributed by atoms with Gasteiger partial charge in [-0.25, -0.2) is 0 Å². The molecule has 0 radical (unpaired) electrons. The van der Waals surface area contributed by atoms with Gasteiger partial charge in [0, 0.05) is 49.4 Å².